The van der Waals surface area contributed by atoms with Gasteiger partial charge in [-0.05, 0) is 17.5 Å². The monoisotopic (exact) mass is 202 g/mol. The Morgan fingerprint density at radius 3 is 2.93 bits per heavy atom. The Kier molecular flexibility index (Phi) is 1.57. The molecule has 76 valence electrons. The summed E-state index contributed by atoms with van der Waals surface area (Å²) in [6.07, 6.45) is 7.36. The molecule has 0 radical (unpaired) electrons. The molecule has 1 aromatic rings. The van der Waals surface area contributed by atoms with Gasteiger partial charge in [0, 0.05) is 12.6 Å². The summed E-state index contributed by atoms with van der Waals surface area (Å²) < 4.78 is 11.0. The second kappa shape index (κ2) is 2.80. The number of nitriles is 1. The van der Waals surface area contributed by atoms with Gasteiger partial charge in [0.25, 0.3) is 5.79 Å². The Morgan fingerprint density at radius 1 is 1.40 bits per heavy atom. The number of hydrogen-bond acceptors (Lipinski definition) is 3. The zero-order chi connectivity index (χ0) is 10.3. The summed E-state index contributed by atoms with van der Waals surface area (Å²) in [5.74, 6) is -0.512. The number of ether oxygens (including phenoxy) is 2. The van der Waals surface area contributed by atoms with E-state index in [1.165, 1.54) is 0 Å². The fraction of sp³-hybridized carbons (Fsp3) is 0.364. The molecule has 1 aliphatic heterocycles. The van der Waals surface area contributed by atoms with E-state index in [-0.39, 0.29) is 0 Å². The number of fused-ring (bicyclic) bond motifs is 1. The fourth-order valence-electron chi connectivity index (χ4n) is 2.26. The average Bonchev–Trinajstić information content (AvgIpc) is 2.85. The van der Waals surface area contributed by atoms with Crippen LogP contribution in [0.5, 0.6) is 0 Å². The highest BCUT2D eigenvalue weighted by Gasteiger charge is 2.40. The molecule has 4 nitrogen and oxygen atoms in total. The Morgan fingerprint density at radius 2 is 2.20 bits per heavy atom. The van der Waals surface area contributed by atoms with Gasteiger partial charge in [-0.25, -0.2) is 0 Å². The summed E-state index contributed by atoms with van der Waals surface area (Å²) in [5.41, 5.74) is 2.91. The van der Waals surface area contributed by atoms with Crippen LogP contribution in [0.3, 0.4) is 0 Å². The maximum absolute atomic E-state index is 8.88. The van der Waals surface area contributed by atoms with Crippen LogP contribution in [0.1, 0.15) is 23.2 Å². The highest BCUT2D eigenvalue weighted by atomic mass is 16.7. The number of H-pyrrole nitrogens is 1. The molecule has 3 rings (SSSR count). The second-order valence-electron chi connectivity index (χ2n) is 3.87. The van der Waals surface area contributed by atoms with E-state index in [0.29, 0.717) is 12.1 Å². The average molecular weight is 202 g/mol. The lowest BCUT2D eigenvalue weighted by Gasteiger charge is -2.31. The number of aromatic amines is 1. The molecule has 0 fully saturated rings. The summed E-state index contributed by atoms with van der Waals surface area (Å²) in [6, 6.07) is 2.16. The van der Waals surface area contributed by atoms with Crippen molar-refractivity contribution in [2.45, 2.75) is 25.0 Å². The van der Waals surface area contributed by atoms with Crippen LogP contribution in [-0.4, -0.2) is 10.8 Å². The van der Waals surface area contributed by atoms with Crippen LogP contribution in [-0.2, 0) is 22.3 Å². The summed E-state index contributed by atoms with van der Waals surface area (Å²) in [4.78, 5) is 2.98. The Labute approximate surface area is 87.1 Å². The molecular weight excluding hydrogens is 192 g/mol. The molecule has 2 aliphatic rings. The first-order valence-corrected chi connectivity index (χ1v) is 4.93. The van der Waals surface area contributed by atoms with Gasteiger partial charge in [-0.1, -0.05) is 0 Å². The Balaban J connectivity index is 1.95. The zero-order valence-electron chi connectivity index (χ0n) is 8.12. The molecule has 0 bridgehead atoms. The topological polar surface area (TPSA) is 58.0 Å². The molecular formula is C11H10N2O2. The Bertz CT molecular complexity index is 459. The third kappa shape index (κ3) is 1.13. The van der Waals surface area contributed by atoms with Gasteiger partial charge in [-0.2, -0.15) is 5.26 Å². The molecule has 4 heteroatoms. The number of nitrogens with zero attached hydrogens (tertiary/aromatic N) is 1. The lowest BCUT2D eigenvalue weighted by atomic mass is 9.89. The molecule has 0 saturated heterocycles. The van der Waals surface area contributed by atoms with Gasteiger partial charge in [0.2, 0.25) is 0 Å². The summed E-state index contributed by atoms with van der Waals surface area (Å²) in [6.45, 7) is 0. The van der Waals surface area contributed by atoms with Gasteiger partial charge in [-0.3, -0.25) is 0 Å². The minimum atomic E-state index is -0.512. The van der Waals surface area contributed by atoms with E-state index in [1.807, 2.05) is 6.20 Å². The molecule has 0 aromatic carbocycles. The largest absolute Gasteiger partial charge is 0.456 e. The van der Waals surface area contributed by atoms with Crippen molar-refractivity contribution >= 4 is 0 Å². The molecule has 0 atom stereocenters. The van der Waals surface area contributed by atoms with Gasteiger partial charge in [-0.15, -0.1) is 0 Å². The summed E-state index contributed by atoms with van der Waals surface area (Å²) in [7, 11) is 0. The minimum Gasteiger partial charge on any atom is -0.456 e. The fourth-order valence-corrected chi connectivity index (χ4v) is 2.26. The number of aromatic nitrogens is 1. The van der Waals surface area contributed by atoms with Crippen LogP contribution < -0.4 is 0 Å². The van der Waals surface area contributed by atoms with E-state index in [1.54, 1.807) is 12.5 Å². The standard InChI is InChI=1S/C11H10N2O2/c12-6-10-9-1-2-11(14-3-4-15-11)5-8(9)7-13-10/h3-4,7,13H,1-2,5H2. The van der Waals surface area contributed by atoms with Crippen molar-refractivity contribution in [1.82, 2.24) is 4.98 Å². The quantitative estimate of drug-likeness (QED) is 0.695. The van der Waals surface area contributed by atoms with Crippen molar-refractivity contribution in [3.63, 3.8) is 0 Å². The van der Waals surface area contributed by atoms with Crippen molar-refractivity contribution in [3.8, 4) is 6.07 Å². The van der Waals surface area contributed by atoms with Crippen molar-refractivity contribution < 1.29 is 9.47 Å². The SMILES string of the molecule is N#Cc1[nH]cc2c1CCC1(C2)OC=CO1. The van der Waals surface area contributed by atoms with Crippen LogP contribution in [0.4, 0.5) is 0 Å². The van der Waals surface area contributed by atoms with Gasteiger partial charge >= 0.3 is 0 Å². The predicted molar refractivity (Wildman–Crippen MR) is 51.6 cm³/mol. The molecule has 1 aromatic heterocycles. The van der Waals surface area contributed by atoms with Crippen LogP contribution in [0, 0.1) is 11.3 Å². The van der Waals surface area contributed by atoms with Gasteiger partial charge in [0.15, 0.2) is 0 Å². The molecule has 0 saturated carbocycles. The maximum Gasteiger partial charge on any atom is 0.254 e. The highest BCUT2D eigenvalue weighted by molar-refractivity contribution is 5.41. The molecule has 2 heterocycles. The van der Waals surface area contributed by atoms with Crippen molar-refractivity contribution in [3.05, 3.63) is 35.5 Å². The molecule has 1 spiro atoms. The van der Waals surface area contributed by atoms with Crippen LogP contribution in [0.25, 0.3) is 0 Å². The van der Waals surface area contributed by atoms with E-state index in [2.05, 4.69) is 11.1 Å². The van der Waals surface area contributed by atoms with Crippen molar-refractivity contribution in [1.29, 1.82) is 5.26 Å². The van der Waals surface area contributed by atoms with Crippen LogP contribution in [0.2, 0.25) is 0 Å². The first-order valence-electron chi connectivity index (χ1n) is 4.93. The zero-order valence-corrected chi connectivity index (χ0v) is 8.12. The maximum atomic E-state index is 8.88. The van der Waals surface area contributed by atoms with E-state index in [4.69, 9.17) is 14.7 Å². The number of hydrogen-bond donors (Lipinski definition) is 1. The Hall–Kier alpha value is -1.89. The van der Waals surface area contributed by atoms with Crippen molar-refractivity contribution in [2.24, 2.45) is 0 Å². The van der Waals surface area contributed by atoms with Crippen LogP contribution in [0.15, 0.2) is 18.7 Å². The first-order chi connectivity index (χ1) is 7.33. The third-order valence-electron chi connectivity index (χ3n) is 3.03. The van der Waals surface area contributed by atoms with Crippen LogP contribution >= 0.6 is 0 Å². The van der Waals surface area contributed by atoms with E-state index >= 15 is 0 Å². The normalized spacial score (nSPS) is 20.5. The molecule has 0 amide bonds. The molecule has 15 heavy (non-hydrogen) atoms. The predicted octanol–water partition coefficient (Wildman–Crippen LogP) is 1.59. The molecule has 0 unspecified atom stereocenters. The first kappa shape index (κ1) is 8.42. The number of rotatable bonds is 0. The van der Waals surface area contributed by atoms with E-state index in [0.717, 1.165) is 24.0 Å². The highest BCUT2D eigenvalue weighted by Crippen LogP contribution is 2.36. The summed E-state index contributed by atoms with van der Waals surface area (Å²) >= 11 is 0. The lowest BCUT2D eigenvalue weighted by molar-refractivity contribution is -0.148. The van der Waals surface area contributed by atoms with E-state index in [9.17, 15) is 0 Å². The van der Waals surface area contributed by atoms with Gasteiger partial charge in [0.05, 0.1) is 6.42 Å². The molecule has 1 aliphatic carbocycles. The lowest BCUT2D eigenvalue weighted by Crippen LogP contribution is -2.36. The van der Waals surface area contributed by atoms with Gasteiger partial charge in [0.1, 0.15) is 24.3 Å². The third-order valence-corrected chi connectivity index (χ3v) is 3.03. The minimum absolute atomic E-state index is 0.512. The van der Waals surface area contributed by atoms with Gasteiger partial charge < -0.3 is 14.5 Å². The smallest absolute Gasteiger partial charge is 0.254 e. The second-order valence-corrected chi connectivity index (χ2v) is 3.87. The van der Waals surface area contributed by atoms with E-state index < -0.39 is 5.79 Å². The summed E-state index contributed by atoms with van der Waals surface area (Å²) in [5, 5.41) is 8.88. The van der Waals surface area contributed by atoms with Crippen molar-refractivity contribution in [2.75, 3.05) is 0 Å². The molecule has 1 N–H and O–H groups in total. The number of nitrogens with one attached hydrogen (secondary N) is 1.